The predicted octanol–water partition coefficient (Wildman–Crippen LogP) is 2.89. The van der Waals surface area contributed by atoms with Crippen molar-refractivity contribution in [3.8, 4) is 0 Å². The number of nitrogens with two attached hydrogens (primary N) is 1. The zero-order valence-corrected chi connectivity index (χ0v) is 10.6. The number of fused-ring (bicyclic) bond motifs is 1. The van der Waals surface area contributed by atoms with E-state index in [2.05, 4.69) is 4.98 Å². The van der Waals surface area contributed by atoms with E-state index in [1.54, 1.807) is 12.1 Å². The van der Waals surface area contributed by atoms with Crippen LogP contribution in [0, 0.1) is 5.82 Å². The maximum Gasteiger partial charge on any atom is 0.128 e. The van der Waals surface area contributed by atoms with E-state index in [4.69, 9.17) is 5.73 Å². The molecular formula is C15H14FN3. The minimum atomic E-state index is -0.285. The highest BCUT2D eigenvalue weighted by atomic mass is 19.1. The molecule has 0 aliphatic rings. The van der Waals surface area contributed by atoms with Gasteiger partial charge in [0.1, 0.15) is 11.6 Å². The largest absolute Gasteiger partial charge is 0.399 e. The molecule has 0 unspecified atom stereocenters. The molecule has 3 aromatic rings. The number of hydrogen-bond donors (Lipinski definition) is 1. The first-order chi connectivity index (χ1) is 9.15. The lowest BCUT2D eigenvalue weighted by Crippen LogP contribution is -2.01. The third-order valence-corrected chi connectivity index (χ3v) is 3.31. The topological polar surface area (TPSA) is 43.8 Å². The van der Waals surface area contributed by atoms with Gasteiger partial charge in [-0.15, -0.1) is 0 Å². The van der Waals surface area contributed by atoms with E-state index in [0.717, 1.165) is 16.9 Å². The number of anilines is 1. The molecule has 0 amide bonds. The lowest BCUT2D eigenvalue weighted by atomic mass is 10.1. The fourth-order valence-corrected chi connectivity index (χ4v) is 2.23. The van der Waals surface area contributed by atoms with E-state index >= 15 is 0 Å². The summed E-state index contributed by atoms with van der Waals surface area (Å²) in [6, 6.07) is 12.6. The Kier molecular flexibility index (Phi) is 2.71. The van der Waals surface area contributed by atoms with Gasteiger partial charge in [-0.3, -0.25) is 0 Å². The molecule has 0 atom stereocenters. The van der Waals surface area contributed by atoms with E-state index < -0.39 is 0 Å². The van der Waals surface area contributed by atoms with Crippen molar-refractivity contribution in [1.29, 1.82) is 0 Å². The number of nitrogen functional groups attached to an aromatic ring is 1. The fourth-order valence-electron chi connectivity index (χ4n) is 2.23. The van der Waals surface area contributed by atoms with Crippen LogP contribution in [0.2, 0.25) is 0 Å². The number of imidazole rings is 1. The van der Waals surface area contributed by atoms with Crippen molar-refractivity contribution in [2.45, 2.75) is 6.42 Å². The number of aryl methyl sites for hydroxylation is 1. The van der Waals surface area contributed by atoms with Crippen LogP contribution in [0.3, 0.4) is 0 Å². The van der Waals surface area contributed by atoms with Gasteiger partial charge in [0.2, 0.25) is 0 Å². The van der Waals surface area contributed by atoms with Gasteiger partial charge in [0.05, 0.1) is 11.0 Å². The molecule has 96 valence electrons. The minimum absolute atomic E-state index is 0.285. The van der Waals surface area contributed by atoms with E-state index in [1.165, 1.54) is 6.07 Å². The van der Waals surface area contributed by atoms with Crippen LogP contribution in [-0.4, -0.2) is 9.55 Å². The third-order valence-electron chi connectivity index (χ3n) is 3.31. The second-order valence-corrected chi connectivity index (χ2v) is 4.60. The Balaban J connectivity index is 2.03. The van der Waals surface area contributed by atoms with Crippen LogP contribution in [0.1, 0.15) is 11.4 Å². The number of hydrogen-bond acceptors (Lipinski definition) is 2. The number of rotatable bonds is 2. The van der Waals surface area contributed by atoms with Gasteiger partial charge in [0, 0.05) is 19.2 Å². The number of nitrogens with zero attached hydrogens (tertiary/aromatic N) is 2. The molecule has 3 rings (SSSR count). The van der Waals surface area contributed by atoms with Crippen LogP contribution < -0.4 is 5.73 Å². The summed E-state index contributed by atoms with van der Waals surface area (Å²) in [4.78, 5) is 4.54. The Morgan fingerprint density at radius 3 is 2.74 bits per heavy atom. The van der Waals surface area contributed by atoms with Crippen LogP contribution in [0.4, 0.5) is 10.1 Å². The minimum Gasteiger partial charge on any atom is -0.399 e. The molecule has 0 fully saturated rings. The molecule has 0 bridgehead atoms. The van der Waals surface area contributed by atoms with Gasteiger partial charge < -0.3 is 10.3 Å². The zero-order chi connectivity index (χ0) is 13.4. The molecule has 0 saturated carbocycles. The first-order valence-electron chi connectivity index (χ1n) is 6.09. The molecule has 0 aliphatic carbocycles. The van der Waals surface area contributed by atoms with Crippen LogP contribution in [0.25, 0.3) is 11.0 Å². The van der Waals surface area contributed by atoms with Crippen molar-refractivity contribution in [3.63, 3.8) is 0 Å². The molecule has 1 heterocycles. The van der Waals surface area contributed by atoms with Crippen LogP contribution in [0.5, 0.6) is 0 Å². The van der Waals surface area contributed by atoms with Crippen LogP contribution in [-0.2, 0) is 13.5 Å². The summed E-state index contributed by atoms with van der Waals surface area (Å²) in [5.74, 6) is 0.553. The second-order valence-electron chi connectivity index (χ2n) is 4.60. The number of benzene rings is 2. The lowest BCUT2D eigenvalue weighted by molar-refractivity contribution is 0.611. The van der Waals surface area contributed by atoms with Crippen molar-refractivity contribution >= 4 is 16.7 Å². The van der Waals surface area contributed by atoms with Gasteiger partial charge in [-0.05, 0) is 29.8 Å². The molecule has 4 heteroatoms. The summed E-state index contributed by atoms with van der Waals surface area (Å²) in [7, 11) is 1.94. The van der Waals surface area contributed by atoms with Crippen molar-refractivity contribution < 1.29 is 4.39 Å². The maximum atomic E-state index is 13.8. The van der Waals surface area contributed by atoms with Crippen molar-refractivity contribution in [3.05, 3.63) is 59.7 Å². The van der Waals surface area contributed by atoms with Crippen molar-refractivity contribution in [2.75, 3.05) is 5.73 Å². The smallest absolute Gasteiger partial charge is 0.128 e. The van der Waals surface area contributed by atoms with Gasteiger partial charge in [-0.1, -0.05) is 18.2 Å². The quantitative estimate of drug-likeness (QED) is 0.715. The predicted molar refractivity (Wildman–Crippen MR) is 74.3 cm³/mol. The normalized spacial score (nSPS) is 11.1. The van der Waals surface area contributed by atoms with Crippen molar-refractivity contribution in [1.82, 2.24) is 9.55 Å². The summed E-state index contributed by atoms with van der Waals surface area (Å²) in [6.07, 6.45) is 0.456. The summed E-state index contributed by atoms with van der Waals surface area (Å²) >= 11 is 0. The SMILES string of the molecule is Cn1c(Cc2ccc(N)cc2F)nc2ccccc21. The van der Waals surface area contributed by atoms with Gasteiger partial charge in [-0.25, -0.2) is 9.37 Å². The Morgan fingerprint density at radius 2 is 2.00 bits per heavy atom. The third kappa shape index (κ3) is 2.05. The second kappa shape index (κ2) is 4.39. The summed E-state index contributed by atoms with van der Waals surface area (Å²) in [6.45, 7) is 0. The highest BCUT2D eigenvalue weighted by Gasteiger charge is 2.10. The number of halogens is 1. The molecule has 1 aromatic heterocycles. The van der Waals surface area contributed by atoms with E-state index in [9.17, 15) is 4.39 Å². The van der Waals surface area contributed by atoms with E-state index in [-0.39, 0.29) is 5.82 Å². The molecular weight excluding hydrogens is 241 g/mol. The Labute approximate surface area is 110 Å². The first-order valence-corrected chi connectivity index (χ1v) is 6.09. The molecule has 19 heavy (non-hydrogen) atoms. The van der Waals surface area contributed by atoms with E-state index in [1.807, 2.05) is 35.9 Å². The number of para-hydroxylation sites is 2. The molecule has 0 radical (unpaired) electrons. The first kappa shape index (κ1) is 11.7. The molecule has 2 N–H and O–H groups in total. The Morgan fingerprint density at radius 1 is 1.21 bits per heavy atom. The number of aromatic nitrogens is 2. The molecule has 0 saturated heterocycles. The van der Waals surface area contributed by atoms with Crippen molar-refractivity contribution in [2.24, 2.45) is 7.05 Å². The highest BCUT2D eigenvalue weighted by molar-refractivity contribution is 5.75. The summed E-state index contributed by atoms with van der Waals surface area (Å²) in [5.41, 5.74) is 8.57. The average molecular weight is 255 g/mol. The summed E-state index contributed by atoms with van der Waals surface area (Å²) in [5, 5.41) is 0. The summed E-state index contributed by atoms with van der Waals surface area (Å²) < 4.78 is 15.8. The maximum absolute atomic E-state index is 13.8. The molecule has 2 aromatic carbocycles. The monoisotopic (exact) mass is 255 g/mol. The van der Waals surface area contributed by atoms with Crippen LogP contribution in [0.15, 0.2) is 42.5 Å². The molecule has 0 aliphatic heterocycles. The zero-order valence-electron chi connectivity index (χ0n) is 10.6. The highest BCUT2D eigenvalue weighted by Crippen LogP contribution is 2.19. The van der Waals surface area contributed by atoms with Crippen LogP contribution >= 0.6 is 0 Å². The fraction of sp³-hybridized carbons (Fsp3) is 0.133. The van der Waals surface area contributed by atoms with Gasteiger partial charge in [-0.2, -0.15) is 0 Å². The Hall–Kier alpha value is -2.36. The lowest BCUT2D eigenvalue weighted by Gasteiger charge is -2.05. The van der Waals surface area contributed by atoms with Gasteiger partial charge >= 0.3 is 0 Å². The molecule has 3 nitrogen and oxygen atoms in total. The van der Waals surface area contributed by atoms with E-state index in [0.29, 0.717) is 17.7 Å². The molecule has 0 spiro atoms. The van der Waals surface area contributed by atoms with Gasteiger partial charge in [0.15, 0.2) is 0 Å². The Bertz CT molecular complexity index is 746. The average Bonchev–Trinajstić information content (AvgIpc) is 2.70. The van der Waals surface area contributed by atoms with Gasteiger partial charge in [0.25, 0.3) is 0 Å². The standard InChI is InChI=1S/C15H14FN3/c1-19-14-5-3-2-4-13(14)18-15(19)8-10-6-7-11(17)9-12(10)16/h2-7,9H,8,17H2,1H3.